The monoisotopic (exact) mass is 376 g/mol. The fourth-order valence-electron chi connectivity index (χ4n) is 3.44. The van der Waals surface area contributed by atoms with Gasteiger partial charge in [0.25, 0.3) is 5.91 Å². The second-order valence-electron chi connectivity index (χ2n) is 7.02. The van der Waals surface area contributed by atoms with Gasteiger partial charge in [0.1, 0.15) is 5.69 Å². The molecule has 6 heteroatoms. The predicted octanol–water partition coefficient (Wildman–Crippen LogP) is 2.67. The van der Waals surface area contributed by atoms with Crippen LogP contribution in [0.1, 0.15) is 15.9 Å². The van der Waals surface area contributed by atoms with Crippen LogP contribution in [0.15, 0.2) is 48.5 Å². The number of morpholine rings is 1. The number of carbonyl (C=O) groups is 1. The van der Waals surface area contributed by atoms with Gasteiger partial charge in [0.15, 0.2) is 0 Å². The highest BCUT2D eigenvalue weighted by Crippen LogP contribution is 2.27. The molecule has 3 aromatic rings. The lowest BCUT2D eigenvalue weighted by atomic mass is 10.0. The number of hydrogen-bond acceptors (Lipinski definition) is 5. The molecule has 0 aliphatic carbocycles. The van der Waals surface area contributed by atoms with E-state index in [1.807, 2.05) is 55.5 Å². The molecular weight excluding hydrogens is 352 g/mol. The number of carbonyl (C=O) groups excluding carboxylic acids is 1. The zero-order chi connectivity index (χ0) is 19.3. The summed E-state index contributed by atoms with van der Waals surface area (Å²) < 4.78 is 5.37. The first-order valence-electron chi connectivity index (χ1n) is 9.63. The normalized spacial score (nSPS) is 14.9. The van der Waals surface area contributed by atoms with Crippen LogP contribution in [0.4, 0.5) is 0 Å². The van der Waals surface area contributed by atoms with Crippen LogP contribution in [0.3, 0.4) is 0 Å². The summed E-state index contributed by atoms with van der Waals surface area (Å²) in [6.07, 6.45) is 0. The van der Waals surface area contributed by atoms with Crippen molar-refractivity contribution in [3.8, 4) is 11.3 Å². The van der Waals surface area contributed by atoms with Crippen LogP contribution in [0, 0.1) is 6.92 Å². The Hall–Kier alpha value is -2.83. The maximum absolute atomic E-state index is 13.1. The maximum Gasteiger partial charge on any atom is 0.254 e. The molecular formula is C22H24N4O2. The van der Waals surface area contributed by atoms with Crippen molar-refractivity contribution >= 4 is 16.8 Å². The van der Waals surface area contributed by atoms with Crippen molar-refractivity contribution in [1.29, 1.82) is 0 Å². The van der Waals surface area contributed by atoms with Gasteiger partial charge in [0, 0.05) is 37.1 Å². The molecule has 0 bridgehead atoms. The van der Waals surface area contributed by atoms with Gasteiger partial charge in [0.05, 0.1) is 24.3 Å². The number of aryl methyl sites for hydroxylation is 1. The van der Waals surface area contributed by atoms with E-state index in [1.165, 1.54) is 0 Å². The molecule has 0 spiro atoms. The number of aromatic nitrogens is 2. The summed E-state index contributed by atoms with van der Waals surface area (Å²) in [4.78, 5) is 15.4. The highest BCUT2D eigenvalue weighted by molar-refractivity contribution is 6.10. The lowest BCUT2D eigenvalue weighted by Gasteiger charge is -2.26. The van der Waals surface area contributed by atoms with Crippen molar-refractivity contribution in [2.45, 2.75) is 6.92 Å². The summed E-state index contributed by atoms with van der Waals surface area (Å²) in [7, 11) is 0. The van der Waals surface area contributed by atoms with Crippen LogP contribution in [-0.4, -0.2) is 60.4 Å². The number of nitrogens with zero attached hydrogens (tertiary/aromatic N) is 3. The van der Waals surface area contributed by atoms with E-state index in [0.29, 0.717) is 17.8 Å². The number of amides is 1. The van der Waals surface area contributed by atoms with Crippen LogP contribution in [-0.2, 0) is 4.74 Å². The summed E-state index contributed by atoms with van der Waals surface area (Å²) in [6, 6.07) is 15.6. The van der Waals surface area contributed by atoms with Gasteiger partial charge in [-0.15, -0.1) is 10.2 Å². The van der Waals surface area contributed by atoms with Gasteiger partial charge in [-0.2, -0.15) is 0 Å². The number of rotatable bonds is 5. The smallest absolute Gasteiger partial charge is 0.254 e. The SMILES string of the molecule is Cc1ccc(-c2nnc3ccccc3c2C(=O)NCCN2CCOCC2)cc1. The van der Waals surface area contributed by atoms with E-state index in [2.05, 4.69) is 20.4 Å². The lowest BCUT2D eigenvalue weighted by molar-refractivity contribution is 0.0383. The molecule has 4 rings (SSSR count). The van der Waals surface area contributed by atoms with E-state index in [4.69, 9.17) is 4.74 Å². The van der Waals surface area contributed by atoms with Crippen molar-refractivity contribution < 1.29 is 9.53 Å². The first kappa shape index (κ1) is 18.5. The molecule has 1 saturated heterocycles. The molecule has 1 fully saturated rings. The van der Waals surface area contributed by atoms with Crippen molar-refractivity contribution in [3.63, 3.8) is 0 Å². The first-order valence-corrected chi connectivity index (χ1v) is 9.63. The summed E-state index contributed by atoms with van der Waals surface area (Å²) in [5.74, 6) is -0.116. The zero-order valence-corrected chi connectivity index (χ0v) is 16.0. The number of fused-ring (bicyclic) bond motifs is 1. The van der Waals surface area contributed by atoms with Crippen molar-refractivity contribution in [3.05, 3.63) is 59.7 Å². The third-order valence-electron chi connectivity index (χ3n) is 5.04. The van der Waals surface area contributed by atoms with Crippen LogP contribution in [0.25, 0.3) is 22.2 Å². The molecule has 2 heterocycles. The number of ether oxygens (including phenoxy) is 1. The number of hydrogen-bond donors (Lipinski definition) is 1. The average molecular weight is 376 g/mol. The van der Waals surface area contributed by atoms with Crippen LogP contribution >= 0.6 is 0 Å². The van der Waals surface area contributed by atoms with E-state index in [9.17, 15) is 4.79 Å². The molecule has 144 valence electrons. The summed E-state index contributed by atoms with van der Waals surface area (Å²) in [5.41, 5.74) is 3.96. The standard InChI is InChI=1S/C22H24N4O2/c1-16-6-8-17(9-7-16)21-20(18-4-2-3-5-19(18)24-25-21)22(27)23-10-11-26-12-14-28-15-13-26/h2-9H,10-15H2,1H3,(H,23,27). The van der Waals surface area contributed by atoms with Gasteiger partial charge < -0.3 is 10.1 Å². The van der Waals surface area contributed by atoms with Crippen LogP contribution < -0.4 is 5.32 Å². The van der Waals surface area contributed by atoms with Crippen LogP contribution in [0.2, 0.25) is 0 Å². The summed E-state index contributed by atoms with van der Waals surface area (Å²) in [6.45, 7) is 6.76. The fraction of sp³-hybridized carbons (Fsp3) is 0.318. The molecule has 2 aromatic carbocycles. The minimum absolute atomic E-state index is 0.116. The minimum atomic E-state index is -0.116. The van der Waals surface area contributed by atoms with Gasteiger partial charge in [-0.1, -0.05) is 48.0 Å². The number of benzene rings is 2. The van der Waals surface area contributed by atoms with Gasteiger partial charge in [-0.05, 0) is 13.0 Å². The highest BCUT2D eigenvalue weighted by Gasteiger charge is 2.19. The molecule has 0 saturated carbocycles. The Kier molecular flexibility index (Phi) is 5.60. The Morgan fingerprint density at radius 1 is 1.07 bits per heavy atom. The predicted molar refractivity (Wildman–Crippen MR) is 109 cm³/mol. The third-order valence-corrected chi connectivity index (χ3v) is 5.04. The Morgan fingerprint density at radius 3 is 2.61 bits per heavy atom. The van der Waals surface area contributed by atoms with E-state index < -0.39 is 0 Å². The zero-order valence-electron chi connectivity index (χ0n) is 16.0. The molecule has 0 unspecified atom stereocenters. The second-order valence-corrected chi connectivity index (χ2v) is 7.02. The largest absolute Gasteiger partial charge is 0.379 e. The molecule has 6 nitrogen and oxygen atoms in total. The van der Waals surface area contributed by atoms with E-state index >= 15 is 0 Å². The highest BCUT2D eigenvalue weighted by atomic mass is 16.5. The Bertz CT molecular complexity index is 966. The number of nitrogens with one attached hydrogen (secondary N) is 1. The Morgan fingerprint density at radius 2 is 1.82 bits per heavy atom. The van der Waals surface area contributed by atoms with E-state index in [0.717, 1.165) is 54.9 Å². The van der Waals surface area contributed by atoms with Gasteiger partial charge in [-0.25, -0.2) is 0 Å². The molecule has 28 heavy (non-hydrogen) atoms. The Labute approximate surface area is 164 Å². The van der Waals surface area contributed by atoms with E-state index in [-0.39, 0.29) is 5.91 Å². The minimum Gasteiger partial charge on any atom is -0.379 e. The molecule has 1 amide bonds. The molecule has 1 aromatic heterocycles. The summed E-state index contributed by atoms with van der Waals surface area (Å²) >= 11 is 0. The molecule has 0 atom stereocenters. The van der Waals surface area contributed by atoms with Gasteiger partial charge in [0.2, 0.25) is 0 Å². The van der Waals surface area contributed by atoms with Crippen molar-refractivity contribution in [2.24, 2.45) is 0 Å². The topological polar surface area (TPSA) is 67.4 Å². The Balaban J connectivity index is 1.62. The third kappa shape index (κ3) is 4.03. The average Bonchev–Trinajstić information content (AvgIpc) is 2.74. The molecule has 0 radical (unpaired) electrons. The van der Waals surface area contributed by atoms with Gasteiger partial charge in [-0.3, -0.25) is 9.69 Å². The van der Waals surface area contributed by atoms with Crippen molar-refractivity contribution in [1.82, 2.24) is 20.4 Å². The van der Waals surface area contributed by atoms with E-state index in [1.54, 1.807) is 0 Å². The second kappa shape index (κ2) is 8.46. The lowest BCUT2D eigenvalue weighted by Crippen LogP contribution is -2.41. The van der Waals surface area contributed by atoms with Crippen molar-refractivity contribution in [2.75, 3.05) is 39.4 Å². The molecule has 1 aliphatic rings. The van der Waals surface area contributed by atoms with Gasteiger partial charge >= 0.3 is 0 Å². The maximum atomic E-state index is 13.1. The fourth-order valence-corrected chi connectivity index (χ4v) is 3.44. The first-order chi connectivity index (χ1) is 13.7. The quantitative estimate of drug-likeness (QED) is 0.742. The molecule has 1 aliphatic heterocycles. The van der Waals surface area contributed by atoms with Crippen LogP contribution in [0.5, 0.6) is 0 Å². The summed E-state index contributed by atoms with van der Waals surface area (Å²) in [5, 5.41) is 12.6. The molecule has 1 N–H and O–H groups in total.